The second kappa shape index (κ2) is 8.32. The average Bonchev–Trinajstić information content (AvgIpc) is 3.33. The highest BCUT2D eigenvalue weighted by atomic mass is 32.1. The number of aromatic nitrogens is 3. The Hall–Kier alpha value is -2.73. The maximum absolute atomic E-state index is 14.0. The van der Waals surface area contributed by atoms with E-state index in [-0.39, 0.29) is 16.3 Å². The Kier molecular flexibility index (Phi) is 5.84. The largest absolute Gasteiger partial charge is 0.386 e. The number of nitrogens with one attached hydrogen (secondary N) is 1. The number of aliphatic hydroxyl groups is 1. The van der Waals surface area contributed by atoms with Gasteiger partial charge in [-0.1, -0.05) is 6.07 Å². The van der Waals surface area contributed by atoms with Crippen LogP contribution in [0.4, 0.5) is 14.5 Å². The van der Waals surface area contributed by atoms with E-state index in [0.717, 1.165) is 23.5 Å². The van der Waals surface area contributed by atoms with Gasteiger partial charge in [-0.15, -0.1) is 11.3 Å². The van der Waals surface area contributed by atoms with Crippen LogP contribution in [0.1, 0.15) is 42.6 Å². The van der Waals surface area contributed by atoms with Crippen molar-refractivity contribution in [3.63, 3.8) is 0 Å². The van der Waals surface area contributed by atoms with Gasteiger partial charge in [-0.2, -0.15) is 5.10 Å². The molecule has 11 heteroatoms. The van der Waals surface area contributed by atoms with Crippen LogP contribution in [0.3, 0.4) is 0 Å². The number of rotatable bonds is 4. The molecule has 1 saturated heterocycles. The number of benzene rings is 1. The van der Waals surface area contributed by atoms with Crippen molar-refractivity contribution in [1.29, 1.82) is 0 Å². The summed E-state index contributed by atoms with van der Waals surface area (Å²) in [5.74, 6) is -2.06. The second-order valence-corrected chi connectivity index (χ2v) is 8.85. The topological polar surface area (TPSA) is 115 Å². The predicted molar refractivity (Wildman–Crippen MR) is 115 cm³/mol. The van der Waals surface area contributed by atoms with Gasteiger partial charge in [0.05, 0.1) is 29.2 Å². The molecule has 2 aromatic heterocycles. The molecular formula is C21H23F2N5O3S. The molecule has 8 nitrogen and oxygen atoms in total. The minimum absolute atomic E-state index is 0.0139. The fourth-order valence-corrected chi connectivity index (χ4v) is 4.54. The lowest BCUT2D eigenvalue weighted by molar-refractivity contribution is -0.172. The number of hydrogen-bond acceptors (Lipinski definition) is 7. The van der Waals surface area contributed by atoms with E-state index >= 15 is 0 Å². The molecule has 1 aromatic carbocycles. The Labute approximate surface area is 187 Å². The molecule has 0 radical (unpaired) electrons. The minimum Gasteiger partial charge on any atom is -0.386 e. The van der Waals surface area contributed by atoms with E-state index in [2.05, 4.69) is 15.4 Å². The third kappa shape index (κ3) is 3.92. The van der Waals surface area contributed by atoms with Crippen molar-refractivity contribution in [3.8, 4) is 10.6 Å². The molecule has 0 aliphatic carbocycles. The maximum Gasteiger partial charge on any atom is 0.275 e. The molecule has 32 heavy (non-hydrogen) atoms. The first-order valence-corrected chi connectivity index (χ1v) is 10.8. The third-order valence-corrected chi connectivity index (χ3v) is 6.72. The van der Waals surface area contributed by atoms with E-state index in [1.54, 1.807) is 25.6 Å². The molecule has 1 unspecified atom stereocenters. The van der Waals surface area contributed by atoms with Crippen molar-refractivity contribution >= 4 is 22.9 Å². The fraction of sp³-hybridized carbons (Fsp3) is 0.381. The van der Waals surface area contributed by atoms with Gasteiger partial charge in [-0.3, -0.25) is 9.48 Å². The Bertz CT molecular complexity index is 1130. The highest BCUT2D eigenvalue weighted by molar-refractivity contribution is 7.13. The molecule has 3 heterocycles. The van der Waals surface area contributed by atoms with Crippen LogP contribution in [0.5, 0.6) is 0 Å². The monoisotopic (exact) mass is 463 g/mol. The number of carbonyl (C=O) groups excluding carboxylic acids is 1. The summed E-state index contributed by atoms with van der Waals surface area (Å²) in [7, 11) is 1.71. The molecular weight excluding hydrogens is 440 g/mol. The number of anilines is 1. The summed E-state index contributed by atoms with van der Waals surface area (Å²) < 4.78 is 35.6. The number of thiazole rings is 1. The highest BCUT2D eigenvalue weighted by Crippen LogP contribution is 2.38. The van der Waals surface area contributed by atoms with Crippen LogP contribution < -0.4 is 11.1 Å². The number of aryl methyl sites for hydroxylation is 1. The summed E-state index contributed by atoms with van der Waals surface area (Å²) in [5, 5.41) is 18.9. The molecule has 1 aliphatic rings. The number of ether oxygens (including phenoxy) is 1. The van der Waals surface area contributed by atoms with Crippen molar-refractivity contribution in [2.75, 3.05) is 5.32 Å². The Morgan fingerprint density at radius 3 is 2.75 bits per heavy atom. The smallest absolute Gasteiger partial charge is 0.275 e. The molecule has 0 saturated carbocycles. The highest BCUT2D eigenvalue weighted by Gasteiger charge is 2.44. The van der Waals surface area contributed by atoms with Crippen LogP contribution in [-0.2, 0) is 11.8 Å². The van der Waals surface area contributed by atoms with Crippen LogP contribution in [0.2, 0.25) is 0 Å². The van der Waals surface area contributed by atoms with Crippen molar-refractivity contribution < 1.29 is 23.4 Å². The van der Waals surface area contributed by atoms with E-state index in [4.69, 9.17) is 10.5 Å². The summed E-state index contributed by atoms with van der Waals surface area (Å²) in [6.45, 7) is 3.36. The van der Waals surface area contributed by atoms with E-state index in [1.807, 2.05) is 0 Å². The van der Waals surface area contributed by atoms with Crippen molar-refractivity contribution in [3.05, 3.63) is 52.8 Å². The SMILES string of the molecule is C[C@@H]1OC(c2c(NC(=O)c3csc(-c4c(F)cccc4F)n3)cnn2C)C[C@H](N)[C@@]1(C)O. The summed E-state index contributed by atoms with van der Waals surface area (Å²) in [5.41, 5.74) is 5.70. The van der Waals surface area contributed by atoms with E-state index in [0.29, 0.717) is 17.8 Å². The zero-order valence-electron chi connectivity index (χ0n) is 17.7. The normalized spacial score (nSPS) is 25.7. The molecule has 4 rings (SSSR count). The van der Waals surface area contributed by atoms with Gasteiger partial charge in [0.15, 0.2) is 0 Å². The fourth-order valence-electron chi connectivity index (χ4n) is 3.69. The molecule has 1 fully saturated rings. The number of carbonyl (C=O) groups is 1. The van der Waals surface area contributed by atoms with Crippen LogP contribution in [0.15, 0.2) is 29.8 Å². The zero-order chi connectivity index (χ0) is 23.2. The van der Waals surface area contributed by atoms with Crippen molar-refractivity contribution in [2.45, 2.75) is 44.1 Å². The first kappa shape index (κ1) is 22.5. The Balaban J connectivity index is 1.57. The lowest BCUT2D eigenvalue weighted by Crippen LogP contribution is -2.58. The van der Waals surface area contributed by atoms with Crippen LogP contribution in [0.25, 0.3) is 10.6 Å². The standard InChI is InChI=1S/C21H23F2N5O3S/c1-10-21(2,30)16(24)7-15(31-10)18-13(8-25-28(18)3)26-19(29)14-9-32-20(27-14)17-11(22)5-4-6-12(17)23/h4-6,8-10,15-16,30H,7,24H2,1-3H3,(H,26,29)/t10-,15?,16-,21-/m0/s1. The van der Waals surface area contributed by atoms with Gasteiger partial charge in [0, 0.05) is 18.5 Å². The van der Waals surface area contributed by atoms with Gasteiger partial charge >= 0.3 is 0 Å². The predicted octanol–water partition coefficient (Wildman–Crippen LogP) is 3.00. The number of nitrogens with zero attached hydrogens (tertiary/aromatic N) is 3. The summed E-state index contributed by atoms with van der Waals surface area (Å²) >= 11 is 0.966. The lowest BCUT2D eigenvalue weighted by atomic mass is 9.84. The van der Waals surface area contributed by atoms with Gasteiger partial charge < -0.3 is 20.9 Å². The summed E-state index contributed by atoms with van der Waals surface area (Å²) in [4.78, 5) is 16.9. The summed E-state index contributed by atoms with van der Waals surface area (Å²) in [6.07, 6.45) is 0.768. The van der Waals surface area contributed by atoms with Crippen molar-refractivity contribution in [2.24, 2.45) is 12.8 Å². The first-order valence-electron chi connectivity index (χ1n) is 9.96. The third-order valence-electron chi connectivity index (χ3n) is 5.86. The maximum atomic E-state index is 14.0. The first-order chi connectivity index (χ1) is 15.1. The molecule has 170 valence electrons. The molecule has 4 N–H and O–H groups in total. The number of hydrogen-bond donors (Lipinski definition) is 3. The molecule has 0 bridgehead atoms. The van der Waals surface area contributed by atoms with Crippen LogP contribution in [0, 0.1) is 11.6 Å². The lowest BCUT2D eigenvalue weighted by Gasteiger charge is -2.43. The molecule has 4 atom stereocenters. The Morgan fingerprint density at radius 1 is 1.41 bits per heavy atom. The number of halogens is 2. The van der Waals surface area contributed by atoms with Crippen LogP contribution >= 0.6 is 11.3 Å². The van der Waals surface area contributed by atoms with Gasteiger partial charge in [-0.25, -0.2) is 13.8 Å². The summed E-state index contributed by atoms with van der Waals surface area (Å²) in [6, 6.07) is 2.99. The average molecular weight is 464 g/mol. The minimum atomic E-state index is -1.18. The molecule has 0 spiro atoms. The van der Waals surface area contributed by atoms with Crippen molar-refractivity contribution in [1.82, 2.24) is 14.8 Å². The van der Waals surface area contributed by atoms with E-state index in [1.165, 1.54) is 17.6 Å². The van der Waals surface area contributed by atoms with Crippen LogP contribution in [-0.4, -0.2) is 43.5 Å². The molecule has 1 amide bonds. The van der Waals surface area contributed by atoms with Gasteiger partial charge in [-0.05, 0) is 32.4 Å². The zero-order valence-corrected chi connectivity index (χ0v) is 18.5. The van der Waals surface area contributed by atoms with Gasteiger partial charge in [0.1, 0.15) is 34.0 Å². The number of nitrogens with two attached hydrogens (primary N) is 1. The molecule has 3 aromatic rings. The quantitative estimate of drug-likeness (QED) is 0.548. The number of amides is 1. The van der Waals surface area contributed by atoms with E-state index in [9.17, 15) is 18.7 Å². The Morgan fingerprint density at radius 2 is 2.09 bits per heavy atom. The van der Waals surface area contributed by atoms with Gasteiger partial charge in [0.2, 0.25) is 0 Å². The molecule has 1 aliphatic heterocycles. The van der Waals surface area contributed by atoms with Gasteiger partial charge in [0.25, 0.3) is 5.91 Å². The second-order valence-electron chi connectivity index (χ2n) is 7.99. The van der Waals surface area contributed by atoms with E-state index < -0.39 is 41.4 Å².